The number of nitrogens with zero attached hydrogens (tertiary/aromatic N) is 3. The Morgan fingerprint density at radius 3 is 2.89 bits per heavy atom. The number of nitrogen functional groups attached to an aromatic ring is 1. The van der Waals surface area contributed by atoms with E-state index in [-0.39, 0.29) is 5.69 Å². The molecule has 2 aromatic heterocycles. The van der Waals surface area contributed by atoms with Gasteiger partial charge in [0.1, 0.15) is 6.33 Å². The number of aromatic nitrogens is 3. The van der Waals surface area contributed by atoms with E-state index in [1.807, 2.05) is 4.57 Å². The van der Waals surface area contributed by atoms with Crippen molar-refractivity contribution in [3.8, 4) is 5.82 Å². The van der Waals surface area contributed by atoms with Crippen molar-refractivity contribution in [2.45, 2.75) is 25.7 Å². The van der Waals surface area contributed by atoms with E-state index in [1.165, 1.54) is 6.07 Å². The van der Waals surface area contributed by atoms with Gasteiger partial charge in [-0.2, -0.15) is 0 Å². The first-order valence-corrected chi connectivity index (χ1v) is 6.22. The molecular weight excluding hydrogens is 244 g/mol. The summed E-state index contributed by atoms with van der Waals surface area (Å²) in [5.74, 6) is -0.606. The van der Waals surface area contributed by atoms with E-state index in [0.29, 0.717) is 11.5 Å². The van der Waals surface area contributed by atoms with Crippen molar-refractivity contribution in [1.29, 1.82) is 0 Å². The van der Waals surface area contributed by atoms with Crippen LogP contribution in [-0.4, -0.2) is 25.6 Å². The van der Waals surface area contributed by atoms with Crippen LogP contribution in [0.3, 0.4) is 0 Å². The third-order valence-electron chi connectivity index (χ3n) is 3.38. The molecule has 1 aliphatic rings. The van der Waals surface area contributed by atoms with Gasteiger partial charge in [-0.25, -0.2) is 14.8 Å². The van der Waals surface area contributed by atoms with Gasteiger partial charge in [0.25, 0.3) is 0 Å². The number of carboxylic acids is 1. The van der Waals surface area contributed by atoms with Gasteiger partial charge in [0.2, 0.25) is 0 Å². The molecule has 0 saturated heterocycles. The largest absolute Gasteiger partial charge is 0.477 e. The first kappa shape index (κ1) is 11.7. The van der Waals surface area contributed by atoms with E-state index in [1.54, 1.807) is 12.4 Å². The summed E-state index contributed by atoms with van der Waals surface area (Å²) < 4.78 is 1.82. The summed E-state index contributed by atoms with van der Waals surface area (Å²) >= 11 is 0. The van der Waals surface area contributed by atoms with Crippen LogP contribution >= 0.6 is 0 Å². The molecule has 0 atom stereocenters. The predicted molar refractivity (Wildman–Crippen MR) is 69.4 cm³/mol. The van der Waals surface area contributed by atoms with E-state index in [4.69, 9.17) is 10.8 Å². The number of carbonyl (C=O) groups is 1. The Labute approximate surface area is 109 Å². The molecule has 0 aliphatic heterocycles. The summed E-state index contributed by atoms with van der Waals surface area (Å²) in [5.41, 5.74) is 8.51. The van der Waals surface area contributed by atoms with Crippen LogP contribution in [0.15, 0.2) is 18.5 Å². The fraction of sp³-hybridized carbons (Fsp3) is 0.308. The van der Waals surface area contributed by atoms with Crippen LogP contribution in [0.5, 0.6) is 0 Å². The van der Waals surface area contributed by atoms with Crippen molar-refractivity contribution < 1.29 is 9.90 Å². The van der Waals surface area contributed by atoms with Crippen LogP contribution in [0.1, 0.15) is 34.7 Å². The van der Waals surface area contributed by atoms with Crippen LogP contribution in [0.25, 0.3) is 5.82 Å². The molecule has 0 spiro atoms. The molecule has 98 valence electrons. The normalized spacial score (nSPS) is 14.1. The van der Waals surface area contributed by atoms with Crippen molar-refractivity contribution in [3.05, 3.63) is 35.5 Å². The number of hydrogen-bond donors (Lipinski definition) is 2. The summed E-state index contributed by atoms with van der Waals surface area (Å²) in [4.78, 5) is 19.5. The van der Waals surface area contributed by atoms with Gasteiger partial charge in [0, 0.05) is 5.69 Å². The SMILES string of the molecule is Nc1ccc(C(=O)O)nc1-n1cnc2c1CCCC2. The van der Waals surface area contributed by atoms with Gasteiger partial charge in [-0.15, -0.1) is 0 Å². The number of aromatic carboxylic acids is 1. The molecule has 1 aliphatic carbocycles. The molecule has 2 aromatic rings. The highest BCUT2D eigenvalue weighted by Gasteiger charge is 2.19. The number of carboxylic acid groups (broad SMARTS) is 1. The number of pyridine rings is 1. The molecule has 0 amide bonds. The lowest BCUT2D eigenvalue weighted by molar-refractivity contribution is 0.0690. The van der Waals surface area contributed by atoms with Crippen LogP contribution in [-0.2, 0) is 12.8 Å². The van der Waals surface area contributed by atoms with E-state index < -0.39 is 5.97 Å². The second-order valence-corrected chi connectivity index (χ2v) is 4.63. The summed E-state index contributed by atoms with van der Waals surface area (Å²) in [5, 5.41) is 9.01. The molecule has 6 heteroatoms. The molecule has 3 N–H and O–H groups in total. The third-order valence-corrected chi connectivity index (χ3v) is 3.38. The Morgan fingerprint density at radius 2 is 2.11 bits per heavy atom. The second-order valence-electron chi connectivity index (χ2n) is 4.63. The maximum Gasteiger partial charge on any atom is 0.354 e. The van der Waals surface area contributed by atoms with Crippen molar-refractivity contribution in [2.24, 2.45) is 0 Å². The minimum Gasteiger partial charge on any atom is -0.477 e. The highest BCUT2D eigenvalue weighted by molar-refractivity contribution is 5.86. The number of hydrogen-bond acceptors (Lipinski definition) is 4. The lowest BCUT2D eigenvalue weighted by Crippen LogP contribution is -2.12. The second kappa shape index (κ2) is 4.38. The van der Waals surface area contributed by atoms with Gasteiger partial charge in [-0.1, -0.05) is 0 Å². The molecule has 0 unspecified atom stereocenters. The standard InChI is InChI=1S/C13H14N4O2/c14-8-5-6-10(13(18)19)16-12(8)17-7-15-9-3-1-2-4-11(9)17/h5-7H,1-4,14H2,(H,18,19). The number of anilines is 1. The van der Waals surface area contributed by atoms with E-state index in [2.05, 4.69) is 9.97 Å². The van der Waals surface area contributed by atoms with Gasteiger partial charge >= 0.3 is 5.97 Å². The summed E-state index contributed by atoms with van der Waals surface area (Å²) in [6, 6.07) is 2.98. The van der Waals surface area contributed by atoms with Gasteiger partial charge in [0.15, 0.2) is 11.5 Å². The van der Waals surface area contributed by atoms with E-state index in [0.717, 1.165) is 37.1 Å². The van der Waals surface area contributed by atoms with Crippen molar-refractivity contribution in [3.63, 3.8) is 0 Å². The molecule has 0 fully saturated rings. The molecule has 19 heavy (non-hydrogen) atoms. The fourth-order valence-electron chi connectivity index (χ4n) is 2.42. The van der Waals surface area contributed by atoms with Crippen molar-refractivity contribution in [2.75, 3.05) is 5.73 Å². The lowest BCUT2D eigenvalue weighted by Gasteiger charge is -2.14. The Morgan fingerprint density at radius 1 is 1.32 bits per heavy atom. The first-order valence-electron chi connectivity index (χ1n) is 6.22. The van der Waals surface area contributed by atoms with E-state index in [9.17, 15) is 4.79 Å². The molecule has 2 heterocycles. The Kier molecular flexibility index (Phi) is 2.70. The lowest BCUT2D eigenvalue weighted by atomic mass is 10.0. The zero-order chi connectivity index (χ0) is 13.4. The van der Waals surface area contributed by atoms with Crippen LogP contribution < -0.4 is 5.73 Å². The van der Waals surface area contributed by atoms with Gasteiger partial charge in [0.05, 0.1) is 11.4 Å². The molecule has 0 saturated carbocycles. The molecule has 0 aromatic carbocycles. The number of rotatable bonds is 2. The number of nitrogens with two attached hydrogens (primary N) is 1. The molecule has 0 bridgehead atoms. The zero-order valence-electron chi connectivity index (χ0n) is 10.3. The number of aryl methyl sites for hydroxylation is 1. The van der Waals surface area contributed by atoms with Crippen LogP contribution in [0.4, 0.5) is 5.69 Å². The third kappa shape index (κ3) is 1.95. The topological polar surface area (TPSA) is 94.0 Å². The smallest absolute Gasteiger partial charge is 0.354 e. The Hall–Kier alpha value is -2.37. The van der Waals surface area contributed by atoms with Gasteiger partial charge in [-0.05, 0) is 37.8 Å². The van der Waals surface area contributed by atoms with Gasteiger partial charge < -0.3 is 10.8 Å². The minimum atomic E-state index is -1.06. The van der Waals surface area contributed by atoms with E-state index >= 15 is 0 Å². The van der Waals surface area contributed by atoms with Gasteiger partial charge in [-0.3, -0.25) is 4.57 Å². The average molecular weight is 258 g/mol. The molecule has 0 radical (unpaired) electrons. The number of fused-ring (bicyclic) bond motifs is 1. The maximum atomic E-state index is 11.0. The minimum absolute atomic E-state index is 0.0116. The highest BCUT2D eigenvalue weighted by Crippen LogP contribution is 2.24. The average Bonchev–Trinajstić information content (AvgIpc) is 2.83. The quantitative estimate of drug-likeness (QED) is 0.849. The fourth-order valence-corrected chi connectivity index (χ4v) is 2.42. The number of imidazole rings is 1. The molecular formula is C13H14N4O2. The van der Waals surface area contributed by atoms with Crippen LogP contribution in [0, 0.1) is 0 Å². The highest BCUT2D eigenvalue weighted by atomic mass is 16.4. The Bertz CT molecular complexity index is 648. The molecule has 3 rings (SSSR count). The van der Waals surface area contributed by atoms with Crippen LogP contribution in [0.2, 0.25) is 0 Å². The molecule has 6 nitrogen and oxygen atoms in total. The summed E-state index contributed by atoms with van der Waals surface area (Å²) in [6.07, 6.45) is 5.81. The summed E-state index contributed by atoms with van der Waals surface area (Å²) in [6.45, 7) is 0. The Balaban J connectivity index is 2.13. The monoisotopic (exact) mass is 258 g/mol. The zero-order valence-corrected chi connectivity index (χ0v) is 10.3. The first-order chi connectivity index (χ1) is 9.16. The maximum absolute atomic E-state index is 11.0. The van der Waals surface area contributed by atoms with Crippen molar-refractivity contribution >= 4 is 11.7 Å². The van der Waals surface area contributed by atoms with Crippen molar-refractivity contribution in [1.82, 2.24) is 14.5 Å². The summed E-state index contributed by atoms with van der Waals surface area (Å²) in [7, 11) is 0. The predicted octanol–water partition coefficient (Wildman–Crippen LogP) is 1.43.